The highest BCUT2D eigenvalue weighted by atomic mass is 16.5. The first-order chi connectivity index (χ1) is 9.13. The highest BCUT2D eigenvalue weighted by Crippen LogP contribution is 2.24. The first-order valence-corrected chi connectivity index (χ1v) is 5.77. The van der Waals surface area contributed by atoms with Crippen LogP contribution in [0, 0.1) is 18.3 Å². The van der Waals surface area contributed by atoms with Crippen molar-refractivity contribution in [1.29, 1.82) is 5.26 Å². The molecule has 5 heteroatoms. The first kappa shape index (κ1) is 12.8. The molecule has 0 amide bonds. The number of benzene rings is 1. The summed E-state index contributed by atoms with van der Waals surface area (Å²) in [4.78, 5) is 10.1. The van der Waals surface area contributed by atoms with E-state index in [1.807, 2.05) is 55.3 Å². The molecule has 1 aromatic heterocycles. The molecule has 5 nitrogen and oxygen atoms in total. The van der Waals surface area contributed by atoms with E-state index in [-0.39, 0.29) is 5.82 Å². The number of nitriles is 1. The van der Waals surface area contributed by atoms with Gasteiger partial charge in [-0.2, -0.15) is 5.26 Å². The average Bonchev–Trinajstić information content (AvgIpc) is 2.46. The van der Waals surface area contributed by atoms with Gasteiger partial charge in [0.2, 0.25) is 5.82 Å². The quantitative estimate of drug-likeness (QED) is 0.841. The van der Waals surface area contributed by atoms with Crippen molar-refractivity contribution in [2.75, 3.05) is 19.1 Å². The molecule has 0 bridgehead atoms. The number of anilines is 2. The summed E-state index contributed by atoms with van der Waals surface area (Å²) in [7, 11) is 3.52. The van der Waals surface area contributed by atoms with Gasteiger partial charge < -0.3 is 9.64 Å². The van der Waals surface area contributed by atoms with Crippen molar-refractivity contribution in [3.8, 4) is 11.8 Å². The number of hydrogen-bond donors (Lipinski definition) is 0. The maximum absolute atomic E-state index is 8.90. The summed E-state index contributed by atoms with van der Waals surface area (Å²) in [5.74, 6) is 1.67. The summed E-state index contributed by atoms with van der Waals surface area (Å²) in [6, 6.07) is 11.4. The van der Waals surface area contributed by atoms with Gasteiger partial charge in [0.1, 0.15) is 17.6 Å². The molecule has 0 spiro atoms. The van der Waals surface area contributed by atoms with Crippen molar-refractivity contribution in [3.05, 3.63) is 41.9 Å². The fourth-order valence-corrected chi connectivity index (χ4v) is 1.71. The van der Waals surface area contributed by atoms with Crippen LogP contribution in [0.25, 0.3) is 0 Å². The smallest absolute Gasteiger partial charge is 0.234 e. The van der Waals surface area contributed by atoms with Crippen molar-refractivity contribution in [2.24, 2.45) is 0 Å². The molecular formula is C14H14N4O. The van der Waals surface area contributed by atoms with Crippen molar-refractivity contribution in [2.45, 2.75) is 6.92 Å². The van der Waals surface area contributed by atoms with Crippen LogP contribution in [-0.4, -0.2) is 24.1 Å². The minimum atomic E-state index is 0.176. The molecule has 1 aromatic carbocycles. The SMILES string of the molecule is COc1ccc(N(C)c2cc(C)nc(C#N)n2)cc1. The van der Waals surface area contributed by atoms with Gasteiger partial charge >= 0.3 is 0 Å². The largest absolute Gasteiger partial charge is 0.497 e. The molecule has 2 aromatic rings. The van der Waals surface area contributed by atoms with Crippen LogP contribution in [0.15, 0.2) is 30.3 Å². The highest BCUT2D eigenvalue weighted by molar-refractivity contribution is 5.60. The van der Waals surface area contributed by atoms with E-state index < -0.39 is 0 Å². The molecule has 0 N–H and O–H groups in total. The van der Waals surface area contributed by atoms with Crippen molar-refractivity contribution >= 4 is 11.5 Å². The standard InChI is InChI=1S/C14H14N4O/c1-10-8-14(17-13(9-15)16-10)18(2)11-4-6-12(19-3)7-5-11/h4-8H,1-3H3. The van der Waals surface area contributed by atoms with E-state index in [0.717, 1.165) is 17.1 Å². The molecule has 2 rings (SSSR count). The number of methoxy groups -OCH3 is 1. The van der Waals surface area contributed by atoms with E-state index in [2.05, 4.69) is 9.97 Å². The first-order valence-electron chi connectivity index (χ1n) is 5.77. The molecule has 0 unspecified atom stereocenters. The molecule has 1 heterocycles. The van der Waals surface area contributed by atoms with Crippen LogP contribution in [0.2, 0.25) is 0 Å². The second-order valence-corrected chi connectivity index (χ2v) is 4.06. The zero-order valence-corrected chi connectivity index (χ0v) is 11.1. The third-order valence-electron chi connectivity index (χ3n) is 2.74. The number of rotatable bonds is 3. The fourth-order valence-electron chi connectivity index (χ4n) is 1.71. The predicted molar refractivity (Wildman–Crippen MR) is 72.5 cm³/mol. The normalized spacial score (nSPS) is 9.79. The van der Waals surface area contributed by atoms with E-state index in [4.69, 9.17) is 10.00 Å². The molecule has 0 aliphatic rings. The Balaban J connectivity index is 2.35. The van der Waals surface area contributed by atoms with Gasteiger partial charge in [0.05, 0.1) is 7.11 Å². The summed E-state index contributed by atoms with van der Waals surface area (Å²) < 4.78 is 5.12. The second-order valence-electron chi connectivity index (χ2n) is 4.06. The number of nitrogens with zero attached hydrogens (tertiary/aromatic N) is 4. The zero-order chi connectivity index (χ0) is 13.8. The Bertz CT molecular complexity index is 616. The fraction of sp³-hybridized carbons (Fsp3) is 0.214. The Morgan fingerprint density at radius 2 is 1.89 bits per heavy atom. The maximum Gasteiger partial charge on any atom is 0.234 e. The number of ether oxygens (including phenoxy) is 1. The Hall–Kier alpha value is -2.61. The molecule has 0 atom stereocenters. The van der Waals surface area contributed by atoms with Crippen molar-refractivity contribution in [1.82, 2.24) is 9.97 Å². The van der Waals surface area contributed by atoms with Gasteiger partial charge in [0, 0.05) is 24.5 Å². The molecule has 0 radical (unpaired) electrons. The van der Waals surface area contributed by atoms with Gasteiger partial charge in [-0.3, -0.25) is 0 Å². The van der Waals surface area contributed by atoms with Crippen LogP contribution in [0.5, 0.6) is 5.75 Å². The van der Waals surface area contributed by atoms with Crippen LogP contribution < -0.4 is 9.64 Å². The lowest BCUT2D eigenvalue weighted by Gasteiger charge is -2.18. The third kappa shape index (κ3) is 2.80. The number of aromatic nitrogens is 2. The van der Waals surface area contributed by atoms with Gasteiger partial charge in [0.25, 0.3) is 0 Å². The monoisotopic (exact) mass is 254 g/mol. The molecule has 0 saturated heterocycles. The summed E-state index contributed by atoms with van der Waals surface area (Å²) in [5.41, 5.74) is 1.73. The van der Waals surface area contributed by atoms with Crippen LogP contribution in [0.1, 0.15) is 11.5 Å². The Kier molecular flexibility index (Phi) is 3.62. The Morgan fingerprint density at radius 1 is 1.21 bits per heavy atom. The van der Waals surface area contributed by atoms with Crippen LogP contribution in [0.4, 0.5) is 11.5 Å². The summed E-state index contributed by atoms with van der Waals surface area (Å²) in [6.07, 6.45) is 0. The van der Waals surface area contributed by atoms with E-state index in [0.29, 0.717) is 5.82 Å². The second kappa shape index (κ2) is 5.36. The zero-order valence-electron chi connectivity index (χ0n) is 11.1. The van der Waals surface area contributed by atoms with Gasteiger partial charge in [-0.05, 0) is 31.2 Å². The van der Waals surface area contributed by atoms with Gasteiger partial charge in [-0.1, -0.05) is 0 Å². The van der Waals surface area contributed by atoms with Gasteiger partial charge in [0.15, 0.2) is 0 Å². The Morgan fingerprint density at radius 3 is 2.47 bits per heavy atom. The molecule has 19 heavy (non-hydrogen) atoms. The third-order valence-corrected chi connectivity index (χ3v) is 2.74. The van der Waals surface area contributed by atoms with Crippen LogP contribution in [-0.2, 0) is 0 Å². The molecule has 0 aliphatic carbocycles. The lowest BCUT2D eigenvalue weighted by Crippen LogP contribution is -2.12. The lowest BCUT2D eigenvalue weighted by atomic mass is 10.2. The highest BCUT2D eigenvalue weighted by Gasteiger charge is 2.08. The minimum Gasteiger partial charge on any atom is -0.497 e. The van der Waals surface area contributed by atoms with E-state index >= 15 is 0 Å². The summed E-state index contributed by atoms with van der Waals surface area (Å²) >= 11 is 0. The molecule has 96 valence electrons. The number of hydrogen-bond acceptors (Lipinski definition) is 5. The van der Waals surface area contributed by atoms with Crippen LogP contribution in [0.3, 0.4) is 0 Å². The molecule has 0 aliphatic heterocycles. The summed E-state index contributed by atoms with van der Waals surface area (Å²) in [6.45, 7) is 1.84. The van der Waals surface area contributed by atoms with E-state index in [9.17, 15) is 0 Å². The maximum atomic E-state index is 8.90. The minimum absolute atomic E-state index is 0.176. The topological polar surface area (TPSA) is 62.0 Å². The number of aryl methyl sites for hydroxylation is 1. The van der Waals surface area contributed by atoms with Crippen molar-refractivity contribution < 1.29 is 4.74 Å². The predicted octanol–water partition coefficient (Wildman–Crippen LogP) is 2.43. The molecular weight excluding hydrogens is 240 g/mol. The Labute approximate surface area is 112 Å². The van der Waals surface area contributed by atoms with Crippen molar-refractivity contribution in [3.63, 3.8) is 0 Å². The average molecular weight is 254 g/mol. The lowest BCUT2D eigenvalue weighted by molar-refractivity contribution is 0.415. The van der Waals surface area contributed by atoms with E-state index in [1.54, 1.807) is 7.11 Å². The summed E-state index contributed by atoms with van der Waals surface area (Å²) in [5, 5.41) is 8.90. The van der Waals surface area contributed by atoms with E-state index in [1.165, 1.54) is 0 Å². The van der Waals surface area contributed by atoms with Crippen LogP contribution >= 0.6 is 0 Å². The molecule has 0 fully saturated rings. The molecule has 0 saturated carbocycles. The van der Waals surface area contributed by atoms with Gasteiger partial charge in [-0.15, -0.1) is 0 Å². The van der Waals surface area contributed by atoms with Gasteiger partial charge in [-0.25, -0.2) is 9.97 Å².